The Morgan fingerprint density at radius 1 is 1.25 bits per heavy atom. The maximum absolute atomic E-state index is 11.6. The predicted octanol–water partition coefficient (Wildman–Crippen LogP) is 1.02. The van der Waals surface area contributed by atoms with E-state index in [0.717, 1.165) is 11.1 Å². The van der Waals surface area contributed by atoms with Gasteiger partial charge in [-0.3, -0.25) is 4.79 Å². The summed E-state index contributed by atoms with van der Waals surface area (Å²) >= 11 is 0. The minimum Gasteiger partial charge on any atom is -0.481 e. The second kappa shape index (κ2) is 6.91. The number of aryl methyl sites for hydroxylation is 1. The first-order valence-electron chi connectivity index (χ1n) is 6.30. The quantitative estimate of drug-likeness (QED) is 0.625. The number of rotatable bonds is 6. The molecule has 0 radical (unpaired) electrons. The van der Waals surface area contributed by atoms with Crippen molar-refractivity contribution in [2.45, 2.75) is 32.4 Å². The maximum atomic E-state index is 11.6. The topological polar surface area (TPSA) is 98.7 Å². The number of hydrogen-bond acceptors (Lipinski definition) is 3. The van der Waals surface area contributed by atoms with Crippen LogP contribution in [0.2, 0.25) is 0 Å². The summed E-state index contributed by atoms with van der Waals surface area (Å²) in [6.07, 6.45) is -0.426. The average molecular weight is 280 g/mol. The molecule has 20 heavy (non-hydrogen) atoms. The van der Waals surface area contributed by atoms with E-state index in [0.29, 0.717) is 6.54 Å². The van der Waals surface area contributed by atoms with Crippen molar-refractivity contribution >= 4 is 12.0 Å². The molecule has 1 unspecified atom stereocenters. The molecule has 0 spiro atoms. The normalized spacial score (nSPS) is 13.3. The predicted molar refractivity (Wildman–Crippen MR) is 74.3 cm³/mol. The van der Waals surface area contributed by atoms with E-state index in [2.05, 4.69) is 10.6 Å². The van der Waals surface area contributed by atoms with Crippen LogP contribution in [0, 0.1) is 6.92 Å². The first-order valence-corrected chi connectivity index (χ1v) is 6.30. The molecule has 0 aromatic heterocycles. The molecule has 0 saturated heterocycles. The lowest BCUT2D eigenvalue weighted by Crippen LogP contribution is -2.45. The van der Waals surface area contributed by atoms with E-state index in [9.17, 15) is 14.7 Å². The first-order chi connectivity index (χ1) is 9.30. The zero-order valence-corrected chi connectivity index (χ0v) is 11.6. The number of amides is 2. The summed E-state index contributed by atoms with van der Waals surface area (Å²) in [5.74, 6) is -1.11. The molecule has 1 atom stereocenters. The Labute approximate surface area is 117 Å². The lowest BCUT2D eigenvalue weighted by Gasteiger charge is -2.21. The fourth-order valence-electron chi connectivity index (χ4n) is 1.71. The molecule has 0 fully saturated rings. The number of aliphatic carboxylic acids is 1. The van der Waals surface area contributed by atoms with Crippen LogP contribution >= 0.6 is 0 Å². The van der Waals surface area contributed by atoms with Crippen LogP contribution < -0.4 is 10.6 Å². The van der Waals surface area contributed by atoms with E-state index in [1.54, 1.807) is 0 Å². The van der Waals surface area contributed by atoms with Gasteiger partial charge in [-0.1, -0.05) is 24.3 Å². The van der Waals surface area contributed by atoms with Crippen LogP contribution in [-0.4, -0.2) is 34.4 Å². The van der Waals surface area contributed by atoms with Gasteiger partial charge in [0.25, 0.3) is 0 Å². The van der Waals surface area contributed by atoms with Crippen LogP contribution in [0.3, 0.4) is 0 Å². The monoisotopic (exact) mass is 280 g/mol. The Hall–Kier alpha value is -2.08. The van der Waals surface area contributed by atoms with Gasteiger partial charge < -0.3 is 20.8 Å². The van der Waals surface area contributed by atoms with Crippen molar-refractivity contribution in [3.05, 3.63) is 35.4 Å². The SMILES string of the molecule is Cc1ccccc1CNC(=O)NCC(C)(O)CC(=O)O. The molecule has 6 nitrogen and oxygen atoms in total. The van der Waals surface area contributed by atoms with Gasteiger partial charge in [0.1, 0.15) is 0 Å². The van der Waals surface area contributed by atoms with Crippen molar-refractivity contribution in [3.8, 4) is 0 Å². The van der Waals surface area contributed by atoms with E-state index >= 15 is 0 Å². The van der Waals surface area contributed by atoms with Crippen molar-refractivity contribution in [3.63, 3.8) is 0 Å². The Morgan fingerprint density at radius 3 is 2.50 bits per heavy atom. The maximum Gasteiger partial charge on any atom is 0.315 e. The zero-order valence-electron chi connectivity index (χ0n) is 11.6. The standard InChI is InChI=1S/C14H20N2O4/c1-10-5-3-4-6-11(10)8-15-13(19)16-9-14(2,20)7-12(17)18/h3-6,20H,7-9H2,1-2H3,(H,17,18)(H2,15,16,19). The molecule has 0 aliphatic rings. The molecular weight excluding hydrogens is 260 g/mol. The van der Waals surface area contributed by atoms with Gasteiger partial charge in [0.15, 0.2) is 0 Å². The Bertz CT molecular complexity index is 486. The molecule has 1 rings (SSSR count). The Kier molecular flexibility index (Phi) is 5.52. The van der Waals surface area contributed by atoms with Crippen LogP contribution in [0.4, 0.5) is 4.79 Å². The third-order valence-corrected chi connectivity index (χ3v) is 2.86. The highest BCUT2D eigenvalue weighted by molar-refractivity contribution is 5.74. The van der Waals surface area contributed by atoms with Gasteiger partial charge in [-0.25, -0.2) is 4.79 Å². The molecule has 6 heteroatoms. The number of carboxylic acid groups (broad SMARTS) is 1. The third kappa shape index (κ3) is 5.71. The van der Waals surface area contributed by atoms with Gasteiger partial charge in [0.2, 0.25) is 0 Å². The molecule has 0 heterocycles. The van der Waals surface area contributed by atoms with Crippen LogP contribution in [0.25, 0.3) is 0 Å². The summed E-state index contributed by atoms with van der Waals surface area (Å²) < 4.78 is 0. The van der Waals surface area contributed by atoms with Gasteiger partial charge in [-0.05, 0) is 25.0 Å². The number of aliphatic hydroxyl groups is 1. The average Bonchev–Trinajstić information content (AvgIpc) is 2.34. The molecule has 0 aliphatic carbocycles. The molecule has 110 valence electrons. The van der Waals surface area contributed by atoms with Gasteiger partial charge >= 0.3 is 12.0 Å². The summed E-state index contributed by atoms with van der Waals surface area (Å²) in [4.78, 5) is 22.1. The Balaban J connectivity index is 2.38. The van der Waals surface area contributed by atoms with Crippen LogP contribution in [0.15, 0.2) is 24.3 Å². The van der Waals surface area contributed by atoms with Crippen molar-refractivity contribution in [2.75, 3.05) is 6.54 Å². The van der Waals surface area contributed by atoms with Gasteiger partial charge in [0, 0.05) is 13.1 Å². The van der Waals surface area contributed by atoms with Crippen molar-refractivity contribution < 1.29 is 19.8 Å². The molecule has 0 saturated carbocycles. The largest absolute Gasteiger partial charge is 0.481 e. The number of carboxylic acids is 1. The van der Waals surface area contributed by atoms with E-state index < -0.39 is 24.0 Å². The van der Waals surface area contributed by atoms with E-state index in [1.165, 1.54) is 6.92 Å². The summed E-state index contributed by atoms with van der Waals surface area (Å²) in [5, 5.41) is 23.5. The van der Waals surface area contributed by atoms with Gasteiger partial charge in [-0.15, -0.1) is 0 Å². The third-order valence-electron chi connectivity index (χ3n) is 2.86. The van der Waals surface area contributed by atoms with Crippen molar-refractivity contribution in [1.29, 1.82) is 0 Å². The highest BCUT2D eigenvalue weighted by Gasteiger charge is 2.24. The number of carbonyl (C=O) groups excluding carboxylic acids is 1. The molecule has 1 aromatic rings. The van der Waals surface area contributed by atoms with Gasteiger partial charge in [-0.2, -0.15) is 0 Å². The Morgan fingerprint density at radius 2 is 1.90 bits per heavy atom. The minimum atomic E-state index is -1.47. The first kappa shape index (κ1) is 16.0. The van der Waals surface area contributed by atoms with Crippen molar-refractivity contribution in [2.24, 2.45) is 0 Å². The number of nitrogens with one attached hydrogen (secondary N) is 2. The molecule has 2 amide bonds. The molecule has 1 aromatic carbocycles. The lowest BCUT2D eigenvalue weighted by atomic mass is 10.0. The minimum absolute atomic E-state index is 0.126. The fourth-order valence-corrected chi connectivity index (χ4v) is 1.71. The van der Waals surface area contributed by atoms with E-state index in [4.69, 9.17) is 5.11 Å². The molecule has 0 bridgehead atoms. The lowest BCUT2D eigenvalue weighted by molar-refractivity contribution is -0.141. The summed E-state index contributed by atoms with van der Waals surface area (Å²) in [6, 6.07) is 7.23. The summed E-state index contributed by atoms with van der Waals surface area (Å²) in [7, 11) is 0. The van der Waals surface area contributed by atoms with E-state index in [-0.39, 0.29) is 6.54 Å². The second-order valence-electron chi connectivity index (χ2n) is 5.03. The van der Waals surface area contributed by atoms with Crippen LogP contribution in [0.1, 0.15) is 24.5 Å². The molecule has 0 aliphatic heterocycles. The number of benzene rings is 1. The smallest absolute Gasteiger partial charge is 0.315 e. The molecular formula is C14H20N2O4. The van der Waals surface area contributed by atoms with Gasteiger partial charge in [0.05, 0.1) is 12.0 Å². The zero-order chi connectivity index (χ0) is 15.2. The number of hydrogen-bond donors (Lipinski definition) is 4. The second-order valence-corrected chi connectivity index (χ2v) is 5.03. The van der Waals surface area contributed by atoms with Crippen LogP contribution in [-0.2, 0) is 11.3 Å². The highest BCUT2D eigenvalue weighted by atomic mass is 16.4. The highest BCUT2D eigenvalue weighted by Crippen LogP contribution is 2.08. The van der Waals surface area contributed by atoms with E-state index in [1.807, 2.05) is 31.2 Å². The van der Waals surface area contributed by atoms with Crippen LogP contribution in [0.5, 0.6) is 0 Å². The fraction of sp³-hybridized carbons (Fsp3) is 0.429. The number of urea groups is 1. The summed E-state index contributed by atoms with van der Waals surface area (Å²) in [5.41, 5.74) is 0.608. The molecule has 4 N–H and O–H groups in total. The number of carbonyl (C=O) groups is 2. The summed E-state index contributed by atoms with van der Waals surface area (Å²) in [6.45, 7) is 3.56. The van der Waals surface area contributed by atoms with Crippen molar-refractivity contribution in [1.82, 2.24) is 10.6 Å².